The van der Waals surface area contributed by atoms with Crippen LogP contribution in [0, 0.1) is 13.8 Å². The number of thiophene rings is 1. The van der Waals surface area contributed by atoms with Gasteiger partial charge < -0.3 is 11.1 Å². The summed E-state index contributed by atoms with van der Waals surface area (Å²) in [5, 5.41) is 3.09. The van der Waals surface area contributed by atoms with Gasteiger partial charge in [-0.05, 0) is 62.4 Å². The lowest BCUT2D eigenvalue weighted by Crippen LogP contribution is -2.31. The lowest BCUT2D eigenvalue weighted by molar-refractivity contribution is -0.121. The number of aryl methyl sites for hydroxylation is 3. The van der Waals surface area contributed by atoms with Crippen molar-refractivity contribution in [3.63, 3.8) is 0 Å². The molecule has 3 N–H and O–H groups in total. The number of fused-ring (bicyclic) bond motifs is 1. The fourth-order valence-electron chi connectivity index (χ4n) is 3.52. The summed E-state index contributed by atoms with van der Waals surface area (Å²) in [7, 11) is 0. The summed E-state index contributed by atoms with van der Waals surface area (Å²) < 4.78 is 0. The predicted molar refractivity (Wildman–Crippen MR) is 102 cm³/mol. The van der Waals surface area contributed by atoms with Crippen molar-refractivity contribution in [2.75, 3.05) is 5.73 Å². The van der Waals surface area contributed by atoms with E-state index in [-0.39, 0.29) is 30.6 Å². The van der Waals surface area contributed by atoms with Gasteiger partial charge >= 0.3 is 0 Å². The molecule has 1 atom stereocenters. The second-order valence-electron chi connectivity index (χ2n) is 6.72. The van der Waals surface area contributed by atoms with E-state index >= 15 is 0 Å². The first-order valence-corrected chi connectivity index (χ1v) is 9.53. The van der Waals surface area contributed by atoms with E-state index in [0.29, 0.717) is 0 Å². The predicted octanol–water partition coefficient (Wildman–Crippen LogP) is 4.10. The van der Waals surface area contributed by atoms with Gasteiger partial charge in [-0.3, -0.25) is 9.59 Å². The Balaban J connectivity index is 1.59. The quantitative estimate of drug-likeness (QED) is 0.626. The van der Waals surface area contributed by atoms with Crippen molar-refractivity contribution in [2.24, 2.45) is 0 Å². The van der Waals surface area contributed by atoms with Crippen molar-refractivity contribution < 1.29 is 9.59 Å². The standard InChI is InChI=1S/C20H24N2O2S/c1-12-10-17(13(2)25-12)19(23)8-9-20(24)22-18-5-3-4-14-11-15(21)6-7-16(14)18/h6-7,10-11,18H,3-5,8-9,21H2,1-2H3,(H,22,24). The number of carbonyl (C=O) groups is 2. The number of hydrogen-bond donors (Lipinski definition) is 2. The van der Waals surface area contributed by atoms with Crippen LogP contribution < -0.4 is 11.1 Å². The zero-order valence-electron chi connectivity index (χ0n) is 14.7. The zero-order valence-corrected chi connectivity index (χ0v) is 15.5. The van der Waals surface area contributed by atoms with Gasteiger partial charge in [-0.1, -0.05) is 6.07 Å². The number of nitrogens with one attached hydrogen (secondary N) is 1. The van der Waals surface area contributed by atoms with Crippen LogP contribution in [0.2, 0.25) is 0 Å². The molecule has 1 aromatic heterocycles. The molecule has 1 heterocycles. The molecular weight excluding hydrogens is 332 g/mol. The number of amides is 1. The molecular formula is C20H24N2O2S. The summed E-state index contributed by atoms with van der Waals surface area (Å²) in [6, 6.07) is 7.84. The maximum Gasteiger partial charge on any atom is 0.220 e. The average Bonchev–Trinajstić information content (AvgIpc) is 2.91. The second-order valence-corrected chi connectivity index (χ2v) is 8.18. The molecule has 2 aromatic rings. The van der Waals surface area contributed by atoms with E-state index in [2.05, 4.69) is 5.32 Å². The fourth-order valence-corrected chi connectivity index (χ4v) is 4.46. The number of nitrogens with two attached hydrogens (primary N) is 1. The monoisotopic (exact) mass is 356 g/mol. The molecule has 1 amide bonds. The van der Waals surface area contributed by atoms with E-state index in [1.54, 1.807) is 11.3 Å². The summed E-state index contributed by atoms with van der Waals surface area (Å²) in [4.78, 5) is 26.8. The molecule has 0 saturated heterocycles. The molecule has 1 unspecified atom stereocenters. The highest BCUT2D eigenvalue weighted by molar-refractivity contribution is 7.12. The van der Waals surface area contributed by atoms with Gasteiger partial charge in [-0.25, -0.2) is 0 Å². The van der Waals surface area contributed by atoms with Crippen LogP contribution in [-0.2, 0) is 11.2 Å². The highest BCUT2D eigenvalue weighted by Gasteiger charge is 2.22. The Morgan fingerprint density at radius 1 is 1.24 bits per heavy atom. The molecule has 0 saturated carbocycles. The van der Waals surface area contributed by atoms with Gasteiger partial charge in [-0.15, -0.1) is 11.3 Å². The van der Waals surface area contributed by atoms with E-state index in [1.165, 1.54) is 5.56 Å². The molecule has 1 aromatic carbocycles. The first-order chi connectivity index (χ1) is 11.9. The second kappa shape index (κ2) is 7.40. The number of hydrogen-bond acceptors (Lipinski definition) is 4. The van der Waals surface area contributed by atoms with Crippen molar-refractivity contribution in [3.05, 3.63) is 50.7 Å². The number of benzene rings is 1. The molecule has 0 bridgehead atoms. The van der Waals surface area contributed by atoms with Crippen LogP contribution in [0.3, 0.4) is 0 Å². The molecule has 0 spiro atoms. The van der Waals surface area contributed by atoms with Crippen LogP contribution in [0.1, 0.15) is 63.0 Å². The SMILES string of the molecule is Cc1cc(C(=O)CCC(=O)NC2CCCc3cc(N)ccc32)c(C)s1. The number of nitrogen functional groups attached to an aromatic ring is 1. The molecule has 5 heteroatoms. The summed E-state index contributed by atoms with van der Waals surface area (Å²) >= 11 is 1.62. The number of carbonyl (C=O) groups excluding carboxylic acids is 2. The van der Waals surface area contributed by atoms with Crippen LogP contribution in [0.4, 0.5) is 5.69 Å². The summed E-state index contributed by atoms with van der Waals surface area (Å²) in [6.07, 6.45) is 3.45. The Bertz CT molecular complexity index is 810. The minimum atomic E-state index is -0.0624. The van der Waals surface area contributed by atoms with Gasteiger partial charge in [0.1, 0.15) is 0 Å². The van der Waals surface area contributed by atoms with Crippen molar-refractivity contribution in [1.82, 2.24) is 5.32 Å². The van der Waals surface area contributed by atoms with Crippen molar-refractivity contribution in [3.8, 4) is 0 Å². The Morgan fingerprint density at radius 2 is 2.04 bits per heavy atom. The van der Waals surface area contributed by atoms with Crippen LogP contribution in [0.15, 0.2) is 24.3 Å². The summed E-state index contributed by atoms with van der Waals surface area (Å²) in [5.41, 5.74) is 9.75. The highest BCUT2D eigenvalue weighted by Crippen LogP contribution is 2.31. The minimum Gasteiger partial charge on any atom is -0.399 e. The molecule has 1 aliphatic carbocycles. The van der Waals surface area contributed by atoms with E-state index in [1.807, 2.05) is 38.1 Å². The fraction of sp³-hybridized carbons (Fsp3) is 0.400. The molecule has 0 fully saturated rings. The smallest absolute Gasteiger partial charge is 0.220 e. The molecule has 25 heavy (non-hydrogen) atoms. The first-order valence-electron chi connectivity index (χ1n) is 8.72. The topological polar surface area (TPSA) is 72.2 Å². The largest absolute Gasteiger partial charge is 0.399 e. The van der Waals surface area contributed by atoms with E-state index in [9.17, 15) is 9.59 Å². The third kappa shape index (κ3) is 4.10. The summed E-state index contributed by atoms with van der Waals surface area (Å²) in [6.45, 7) is 3.95. The van der Waals surface area contributed by atoms with Crippen LogP contribution in [-0.4, -0.2) is 11.7 Å². The van der Waals surface area contributed by atoms with Crippen molar-refractivity contribution in [2.45, 2.75) is 52.0 Å². The maximum absolute atomic E-state index is 12.3. The number of anilines is 1. The molecule has 132 valence electrons. The molecule has 1 aliphatic rings. The van der Waals surface area contributed by atoms with Gasteiger partial charge in [0.05, 0.1) is 6.04 Å². The Kier molecular flexibility index (Phi) is 5.23. The third-order valence-corrected chi connectivity index (χ3v) is 5.70. The number of rotatable bonds is 5. The minimum absolute atomic E-state index is 0.0251. The average molecular weight is 356 g/mol. The highest BCUT2D eigenvalue weighted by atomic mass is 32.1. The van der Waals surface area contributed by atoms with Crippen LogP contribution in [0.5, 0.6) is 0 Å². The van der Waals surface area contributed by atoms with E-state index < -0.39 is 0 Å². The Hall–Kier alpha value is -2.14. The normalized spacial score (nSPS) is 16.3. The van der Waals surface area contributed by atoms with Crippen LogP contribution in [0.25, 0.3) is 0 Å². The summed E-state index contributed by atoms with van der Waals surface area (Å²) in [5.74, 6) is -0.0125. The van der Waals surface area contributed by atoms with E-state index in [4.69, 9.17) is 5.73 Å². The first kappa shape index (κ1) is 17.7. The lowest BCUT2D eigenvalue weighted by atomic mass is 9.87. The number of ketones is 1. The maximum atomic E-state index is 12.3. The molecule has 0 aliphatic heterocycles. The van der Waals surface area contributed by atoms with E-state index in [0.717, 1.165) is 45.8 Å². The third-order valence-electron chi connectivity index (χ3n) is 4.74. The lowest BCUT2D eigenvalue weighted by Gasteiger charge is -2.26. The number of Topliss-reactive ketones (excluding diaryl/α,β-unsaturated/α-hetero) is 1. The van der Waals surface area contributed by atoms with Gasteiger partial charge in [0.25, 0.3) is 0 Å². The van der Waals surface area contributed by atoms with Gasteiger partial charge in [0.2, 0.25) is 5.91 Å². The van der Waals surface area contributed by atoms with Crippen LogP contribution >= 0.6 is 11.3 Å². The van der Waals surface area contributed by atoms with Crippen molar-refractivity contribution in [1.29, 1.82) is 0 Å². The van der Waals surface area contributed by atoms with Gasteiger partial charge in [0, 0.05) is 33.8 Å². The van der Waals surface area contributed by atoms with Gasteiger partial charge in [0.15, 0.2) is 5.78 Å². The molecule has 0 radical (unpaired) electrons. The van der Waals surface area contributed by atoms with Crippen molar-refractivity contribution >= 4 is 28.7 Å². The molecule has 4 nitrogen and oxygen atoms in total. The van der Waals surface area contributed by atoms with Gasteiger partial charge in [-0.2, -0.15) is 0 Å². The Morgan fingerprint density at radius 3 is 2.76 bits per heavy atom. The zero-order chi connectivity index (χ0) is 18.0. The Labute approximate surface area is 152 Å². The molecule has 3 rings (SSSR count).